The Bertz CT molecular complexity index is 1630. The number of hydrogen-bond donors (Lipinski definition) is 1. The predicted octanol–water partition coefficient (Wildman–Crippen LogP) is 6.07. The number of carbonyl (C=O) groups excluding carboxylic acids is 2. The molecule has 0 bridgehead atoms. The standard InChI is InChI=1S/C32H36Cl2N4O6S/c1-22-16-17-25(38(41)42)19-29(22)37(45(2,43)44)21-31(39)36(20-26-27(33)14-9-15-28(26)34)30(18-23-10-5-3-6-11-23)32(40)35-24-12-7-4-8-13-24/h3,5-6,9-11,14-17,19,24,30H,4,7-8,12-13,18,20-21H2,1-2H3,(H,35,40). The van der Waals surface area contributed by atoms with E-state index in [4.69, 9.17) is 23.2 Å². The van der Waals surface area contributed by atoms with Crippen LogP contribution in [0.25, 0.3) is 0 Å². The molecule has 1 saturated carbocycles. The van der Waals surface area contributed by atoms with Crippen molar-refractivity contribution in [3.8, 4) is 0 Å². The molecule has 10 nitrogen and oxygen atoms in total. The number of hydrogen-bond acceptors (Lipinski definition) is 6. The molecule has 0 aliphatic heterocycles. The third-order valence-electron chi connectivity index (χ3n) is 7.96. The normalized spacial score (nSPS) is 14.4. The van der Waals surface area contributed by atoms with Crippen LogP contribution in [-0.4, -0.2) is 54.9 Å². The Morgan fingerprint density at radius 1 is 1.00 bits per heavy atom. The van der Waals surface area contributed by atoms with Crippen LogP contribution in [-0.2, 0) is 32.6 Å². The van der Waals surface area contributed by atoms with Gasteiger partial charge in [-0.1, -0.05) is 84.9 Å². The van der Waals surface area contributed by atoms with Crippen molar-refractivity contribution >= 4 is 56.4 Å². The minimum Gasteiger partial charge on any atom is -0.352 e. The summed E-state index contributed by atoms with van der Waals surface area (Å²) in [4.78, 5) is 40.6. The molecule has 0 saturated heterocycles. The fraction of sp³-hybridized carbons (Fsp3) is 0.375. The first-order chi connectivity index (χ1) is 21.3. The number of rotatable bonds is 12. The molecule has 1 aliphatic carbocycles. The lowest BCUT2D eigenvalue weighted by atomic mass is 9.94. The number of sulfonamides is 1. The van der Waals surface area contributed by atoms with E-state index >= 15 is 0 Å². The number of carbonyl (C=O) groups is 2. The molecule has 3 aromatic carbocycles. The fourth-order valence-corrected chi connectivity index (χ4v) is 6.94. The highest BCUT2D eigenvalue weighted by molar-refractivity contribution is 7.92. The number of non-ortho nitro benzene ring substituents is 1. The van der Waals surface area contributed by atoms with Gasteiger partial charge in [0.2, 0.25) is 21.8 Å². The van der Waals surface area contributed by atoms with E-state index < -0.39 is 33.4 Å². The zero-order valence-electron chi connectivity index (χ0n) is 25.1. The van der Waals surface area contributed by atoms with Crippen molar-refractivity contribution in [1.29, 1.82) is 0 Å². The predicted molar refractivity (Wildman–Crippen MR) is 176 cm³/mol. The molecule has 0 heterocycles. The number of halogens is 2. The average molecular weight is 676 g/mol. The van der Waals surface area contributed by atoms with Crippen LogP contribution in [0, 0.1) is 17.0 Å². The molecule has 45 heavy (non-hydrogen) atoms. The van der Waals surface area contributed by atoms with E-state index in [1.165, 1.54) is 17.0 Å². The highest BCUT2D eigenvalue weighted by Crippen LogP contribution is 2.30. The molecule has 0 aromatic heterocycles. The first kappa shape index (κ1) is 34.2. The van der Waals surface area contributed by atoms with E-state index in [0.29, 0.717) is 11.1 Å². The van der Waals surface area contributed by atoms with E-state index in [0.717, 1.165) is 54.3 Å². The Morgan fingerprint density at radius 3 is 2.24 bits per heavy atom. The number of nitrogens with zero attached hydrogens (tertiary/aromatic N) is 3. The SMILES string of the molecule is Cc1ccc([N+](=O)[O-])cc1N(CC(=O)N(Cc1c(Cl)cccc1Cl)C(Cc1ccccc1)C(=O)NC1CCCCC1)S(C)(=O)=O. The van der Waals surface area contributed by atoms with E-state index in [9.17, 15) is 28.1 Å². The van der Waals surface area contributed by atoms with Crippen LogP contribution in [0.3, 0.4) is 0 Å². The summed E-state index contributed by atoms with van der Waals surface area (Å²) in [6, 6.07) is 16.8. The highest BCUT2D eigenvalue weighted by atomic mass is 35.5. The second-order valence-corrected chi connectivity index (χ2v) is 14.0. The first-order valence-electron chi connectivity index (χ1n) is 14.6. The molecule has 3 aromatic rings. The smallest absolute Gasteiger partial charge is 0.271 e. The number of benzene rings is 3. The zero-order valence-corrected chi connectivity index (χ0v) is 27.4. The van der Waals surface area contributed by atoms with E-state index in [1.807, 2.05) is 30.3 Å². The summed E-state index contributed by atoms with van der Waals surface area (Å²) in [7, 11) is -4.12. The van der Waals surface area contributed by atoms with Crippen LogP contribution in [0.5, 0.6) is 0 Å². The lowest BCUT2D eigenvalue weighted by molar-refractivity contribution is -0.384. The molecule has 0 spiro atoms. The summed E-state index contributed by atoms with van der Waals surface area (Å²) in [6.07, 6.45) is 5.76. The lowest BCUT2D eigenvalue weighted by Gasteiger charge is -2.35. The molecule has 1 aliphatic rings. The minimum absolute atomic E-state index is 0.0120. The van der Waals surface area contributed by atoms with Crippen molar-refractivity contribution in [2.24, 2.45) is 0 Å². The number of amides is 2. The molecule has 2 amide bonds. The lowest BCUT2D eigenvalue weighted by Crippen LogP contribution is -2.55. The van der Waals surface area contributed by atoms with Crippen molar-refractivity contribution in [1.82, 2.24) is 10.2 Å². The molecule has 1 unspecified atom stereocenters. The molecule has 4 rings (SSSR count). The molecule has 13 heteroatoms. The fourth-order valence-electron chi connectivity index (χ4n) is 5.53. The number of nitrogens with one attached hydrogen (secondary N) is 1. The highest BCUT2D eigenvalue weighted by Gasteiger charge is 2.35. The van der Waals surface area contributed by atoms with Crippen molar-refractivity contribution in [2.45, 2.75) is 64.1 Å². The monoisotopic (exact) mass is 674 g/mol. The van der Waals surface area contributed by atoms with Gasteiger partial charge in [-0.2, -0.15) is 0 Å². The Hall–Kier alpha value is -3.67. The van der Waals surface area contributed by atoms with Gasteiger partial charge in [-0.3, -0.25) is 24.0 Å². The average Bonchev–Trinajstić information content (AvgIpc) is 2.99. The largest absolute Gasteiger partial charge is 0.352 e. The van der Waals surface area contributed by atoms with Crippen LogP contribution in [0.15, 0.2) is 66.7 Å². The molecule has 1 fully saturated rings. The van der Waals surface area contributed by atoms with Gasteiger partial charge in [0.15, 0.2) is 0 Å². The van der Waals surface area contributed by atoms with Gasteiger partial charge >= 0.3 is 0 Å². The van der Waals surface area contributed by atoms with E-state index in [1.54, 1.807) is 25.1 Å². The van der Waals surface area contributed by atoms with Crippen LogP contribution < -0.4 is 9.62 Å². The molecule has 1 N–H and O–H groups in total. The van der Waals surface area contributed by atoms with Crippen LogP contribution in [0.2, 0.25) is 10.0 Å². The second-order valence-electron chi connectivity index (χ2n) is 11.3. The van der Waals surface area contributed by atoms with Crippen LogP contribution >= 0.6 is 23.2 Å². The van der Waals surface area contributed by atoms with E-state index in [-0.39, 0.29) is 46.3 Å². The maximum absolute atomic E-state index is 14.4. The summed E-state index contributed by atoms with van der Waals surface area (Å²) in [5.41, 5.74) is 1.26. The molecular formula is C32H36Cl2N4O6S. The van der Waals surface area contributed by atoms with Crippen molar-refractivity contribution < 1.29 is 22.9 Å². The first-order valence-corrected chi connectivity index (χ1v) is 17.2. The summed E-state index contributed by atoms with van der Waals surface area (Å²) in [5.74, 6) is -1.08. The van der Waals surface area contributed by atoms with Gasteiger partial charge in [0.1, 0.15) is 12.6 Å². The van der Waals surface area contributed by atoms with Crippen molar-refractivity contribution in [3.05, 3.63) is 104 Å². The third-order valence-corrected chi connectivity index (χ3v) is 9.80. The van der Waals surface area contributed by atoms with Gasteiger partial charge < -0.3 is 10.2 Å². The second kappa shape index (κ2) is 15.1. The van der Waals surface area contributed by atoms with Crippen LogP contribution in [0.1, 0.15) is 48.8 Å². The van der Waals surface area contributed by atoms with Crippen LogP contribution in [0.4, 0.5) is 11.4 Å². The Labute approximate surface area is 273 Å². The summed E-state index contributed by atoms with van der Waals surface area (Å²) in [5, 5.41) is 15.2. The topological polar surface area (TPSA) is 130 Å². The summed E-state index contributed by atoms with van der Waals surface area (Å²) in [6.45, 7) is 0.697. The van der Waals surface area contributed by atoms with Gasteiger partial charge in [0.25, 0.3) is 5.69 Å². The van der Waals surface area contributed by atoms with Gasteiger partial charge in [-0.15, -0.1) is 0 Å². The van der Waals surface area contributed by atoms with Gasteiger partial charge in [0.05, 0.1) is 16.9 Å². The summed E-state index contributed by atoms with van der Waals surface area (Å²) >= 11 is 13.1. The maximum atomic E-state index is 14.4. The van der Waals surface area contributed by atoms with Crippen molar-refractivity contribution in [3.63, 3.8) is 0 Å². The van der Waals surface area contributed by atoms with Crippen molar-refractivity contribution in [2.75, 3.05) is 17.1 Å². The molecule has 1 atom stereocenters. The quantitative estimate of drug-likeness (QED) is 0.183. The number of nitro benzene ring substituents is 1. The maximum Gasteiger partial charge on any atom is 0.271 e. The Kier molecular flexibility index (Phi) is 11.5. The Morgan fingerprint density at radius 2 is 1.64 bits per heavy atom. The number of anilines is 1. The summed E-state index contributed by atoms with van der Waals surface area (Å²) < 4.78 is 27.1. The number of aryl methyl sites for hydroxylation is 1. The molecule has 0 radical (unpaired) electrons. The number of nitro groups is 1. The van der Waals surface area contributed by atoms with Gasteiger partial charge in [-0.05, 0) is 43.0 Å². The molecule has 240 valence electrons. The van der Waals surface area contributed by atoms with E-state index in [2.05, 4.69) is 5.32 Å². The van der Waals surface area contributed by atoms with Gasteiger partial charge in [-0.25, -0.2) is 8.42 Å². The van der Waals surface area contributed by atoms with Gasteiger partial charge in [0, 0.05) is 46.7 Å². The molecular weight excluding hydrogens is 639 g/mol. The third kappa shape index (κ3) is 8.96. The zero-order chi connectivity index (χ0) is 32.7. The minimum atomic E-state index is -4.12. The Balaban J connectivity index is 1.80.